The zero-order valence-corrected chi connectivity index (χ0v) is 27.2. The summed E-state index contributed by atoms with van der Waals surface area (Å²) >= 11 is 1.80. The molecular formula is C45H27N3S. The minimum absolute atomic E-state index is 0.654. The molecule has 0 amide bonds. The van der Waals surface area contributed by atoms with Crippen molar-refractivity contribution in [2.24, 2.45) is 0 Å². The summed E-state index contributed by atoms with van der Waals surface area (Å²) in [6, 6.07) is 58.1. The lowest BCUT2D eigenvalue weighted by Crippen LogP contribution is -2.00. The van der Waals surface area contributed by atoms with E-state index in [-0.39, 0.29) is 0 Å². The van der Waals surface area contributed by atoms with Gasteiger partial charge in [0.05, 0.1) is 0 Å². The van der Waals surface area contributed by atoms with E-state index in [0.29, 0.717) is 17.5 Å². The van der Waals surface area contributed by atoms with Crippen molar-refractivity contribution < 1.29 is 0 Å². The monoisotopic (exact) mass is 641 g/mol. The van der Waals surface area contributed by atoms with Crippen LogP contribution in [0.25, 0.3) is 97.8 Å². The zero-order valence-electron chi connectivity index (χ0n) is 26.3. The van der Waals surface area contributed by atoms with E-state index in [9.17, 15) is 0 Å². The maximum Gasteiger partial charge on any atom is 0.164 e. The van der Waals surface area contributed by atoms with Gasteiger partial charge in [0, 0.05) is 36.9 Å². The summed E-state index contributed by atoms with van der Waals surface area (Å²) in [6.45, 7) is 0. The van der Waals surface area contributed by atoms with Crippen molar-refractivity contribution in [3.8, 4) is 45.3 Å². The van der Waals surface area contributed by atoms with E-state index in [1.165, 1.54) is 47.3 Å². The molecule has 0 radical (unpaired) electrons. The Balaban J connectivity index is 1.10. The molecule has 0 spiro atoms. The molecule has 0 N–H and O–H groups in total. The molecule has 0 aliphatic rings. The Morgan fingerprint density at radius 3 is 1.71 bits per heavy atom. The summed E-state index contributed by atoms with van der Waals surface area (Å²) in [7, 11) is 0. The lowest BCUT2D eigenvalue weighted by Gasteiger charge is -2.11. The summed E-state index contributed by atoms with van der Waals surface area (Å²) in [6.07, 6.45) is 0. The van der Waals surface area contributed by atoms with Gasteiger partial charge in [-0.1, -0.05) is 146 Å². The highest BCUT2D eigenvalue weighted by atomic mass is 32.1. The summed E-state index contributed by atoms with van der Waals surface area (Å²) in [5.41, 5.74) is 5.25. The Morgan fingerprint density at radius 2 is 0.857 bits per heavy atom. The number of benzene rings is 8. The Hall–Kier alpha value is -6.23. The molecule has 0 unspecified atom stereocenters. The summed E-state index contributed by atoms with van der Waals surface area (Å²) < 4.78 is 2.50. The number of rotatable bonds is 4. The summed E-state index contributed by atoms with van der Waals surface area (Å²) in [5, 5.41) is 9.85. The van der Waals surface area contributed by atoms with Crippen molar-refractivity contribution in [3.63, 3.8) is 0 Å². The van der Waals surface area contributed by atoms with Gasteiger partial charge >= 0.3 is 0 Å². The third-order valence-electron chi connectivity index (χ3n) is 9.52. The maximum absolute atomic E-state index is 5.11. The van der Waals surface area contributed by atoms with Gasteiger partial charge in [0.1, 0.15) is 0 Å². The Labute approximate surface area is 286 Å². The molecule has 0 saturated carbocycles. The minimum atomic E-state index is 0.654. The zero-order chi connectivity index (χ0) is 32.3. The second-order valence-electron chi connectivity index (χ2n) is 12.4. The Kier molecular flexibility index (Phi) is 6.36. The van der Waals surface area contributed by atoms with Crippen LogP contribution in [0.5, 0.6) is 0 Å². The van der Waals surface area contributed by atoms with Gasteiger partial charge < -0.3 is 0 Å². The van der Waals surface area contributed by atoms with Gasteiger partial charge in [-0.15, -0.1) is 11.3 Å². The summed E-state index contributed by atoms with van der Waals surface area (Å²) in [4.78, 5) is 15.3. The van der Waals surface area contributed by atoms with E-state index < -0.39 is 0 Å². The van der Waals surface area contributed by atoms with Crippen LogP contribution in [0.2, 0.25) is 0 Å². The maximum atomic E-state index is 5.11. The molecule has 228 valence electrons. The molecule has 2 heterocycles. The van der Waals surface area contributed by atoms with Gasteiger partial charge in [0.25, 0.3) is 0 Å². The molecule has 0 bridgehead atoms. The number of aromatic nitrogens is 3. The van der Waals surface area contributed by atoms with Crippen molar-refractivity contribution in [1.82, 2.24) is 15.0 Å². The first-order chi connectivity index (χ1) is 24.2. The van der Waals surface area contributed by atoms with Crippen molar-refractivity contribution in [3.05, 3.63) is 164 Å². The topological polar surface area (TPSA) is 38.7 Å². The molecular weight excluding hydrogens is 615 g/mol. The van der Waals surface area contributed by atoms with Crippen LogP contribution in [0.4, 0.5) is 0 Å². The van der Waals surface area contributed by atoms with Crippen molar-refractivity contribution >= 4 is 63.8 Å². The van der Waals surface area contributed by atoms with E-state index in [4.69, 9.17) is 15.0 Å². The first-order valence-corrected chi connectivity index (χ1v) is 17.3. The molecule has 8 aromatic carbocycles. The van der Waals surface area contributed by atoms with Gasteiger partial charge in [-0.2, -0.15) is 0 Å². The molecule has 49 heavy (non-hydrogen) atoms. The number of hydrogen-bond donors (Lipinski definition) is 0. The molecule has 10 rings (SSSR count). The summed E-state index contributed by atoms with van der Waals surface area (Å²) in [5.74, 6) is 1.98. The smallest absolute Gasteiger partial charge is 0.164 e. The third-order valence-corrected chi connectivity index (χ3v) is 10.7. The van der Waals surface area contributed by atoms with E-state index in [1.54, 1.807) is 11.3 Å². The number of fused-ring (bicyclic) bond motifs is 7. The van der Waals surface area contributed by atoms with Crippen LogP contribution < -0.4 is 0 Å². The predicted molar refractivity (Wildman–Crippen MR) is 207 cm³/mol. The standard InChI is InChI=1S/C45H27N3S/c1-4-12-36-29(8-1)10-7-14-40(36)45-47-43(46-44(48-45)34-23-25-39-38-13-5-6-15-41(38)49-42(39)27-34)31-19-16-28(17-20-31)32-22-24-37-33(26-32)21-18-30-9-2-3-11-35(30)37/h1-27H. The van der Waals surface area contributed by atoms with E-state index in [2.05, 4.69) is 164 Å². The fourth-order valence-electron chi connectivity index (χ4n) is 7.04. The van der Waals surface area contributed by atoms with E-state index in [1.807, 2.05) is 0 Å². The van der Waals surface area contributed by atoms with Crippen LogP contribution in [0.15, 0.2) is 164 Å². The van der Waals surface area contributed by atoms with Crippen molar-refractivity contribution in [1.29, 1.82) is 0 Å². The van der Waals surface area contributed by atoms with Crippen LogP contribution in [0.1, 0.15) is 0 Å². The lowest BCUT2D eigenvalue weighted by molar-refractivity contribution is 1.08. The average Bonchev–Trinajstić information content (AvgIpc) is 3.55. The SMILES string of the molecule is c1ccc2c(-c3nc(-c4ccc(-c5ccc6c(ccc7ccccc76)c5)cc4)nc(-c4ccc5c(c4)sc4ccccc45)n3)cccc2c1. The molecule has 0 saturated heterocycles. The van der Waals surface area contributed by atoms with Crippen LogP contribution >= 0.6 is 11.3 Å². The first kappa shape index (κ1) is 27.8. The number of thiophene rings is 1. The second kappa shape index (κ2) is 11.2. The number of nitrogens with zero attached hydrogens (tertiary/aromatic N) is 3. The largest absolute Gasteiger partial charge is 0.208 e. The highest BCUT2D eigenvalue weighted by Crippen LogP contribution is 2.37. The normalized spacial score (nSPS) is 11.7. The molecule has 0 aliphatic carbocycles. The van der Waals surface area contributed by atoms with Gasteiger partial charge in [-0.3, -0.25) is 0 Å². The highest BCUT2D eigenvalue weighted by molar-refractivity contribution is 7.25. The van der Waals surface area contributed by atoms with E-state index in [0.717, 1.165) is 33.0 Å². The molecule has 0 atom stereocenters. The van der Waals surface area contributed by atoms with Gasteiger partial charge in [-0.25, -0.2) is 15.0 Å². The fraction of sp³-hybridized carbons (Fsp3) is 0. The van der Waals surface area contributed by atoms with Crippen LogP contribution in [0, 0.1) is 0 Å². The lowest BCUT2D eigenvalue weighted by atomic mass is 9.97. The Morgan fingerprint density at radius 1 is 0.306 bits per heavy atom. The fourth-order valence-corrected chi connectivity index (χ4v) is 8.19. The molecule has 0 aliphatic heterocycles. The Bertz CT molecular complexity index is 2880. The highest BCUT2D eigenvalue weighted by Gasteiger charge is 2.16. The minimum Gasteiger partial charge on any atom is -0.208 e. The van der Waals surface area contributed by atoms with Crippen molar-refractivity contribution in [2.75, 3.05) is 0 Å². The number of hydrogen-bond acceptors (Lipinski definition) is 4. The van der Waals surface area contributed by atoms with Crippen LogP contribution in [-0.4, -0.2) is 15.0 Å². The second-order valence-corrected chi connectivity index (χ2v) is 13.5. The third kappa shape index (κ3) is 4.76. The van der Waals surface area contributed by atoms with Crippen LogP contribution in [0.3, 0.4) is 0 Å². The van der Waals surface area contributed by atoms with E-state index >= 15 is 0 Å². The quantitative estimate of drug-likeness (QED) is 0.180. The predicted octanol–water partition coefficient (Wildman–Crippen LogP) is 12.4. The molecule has 3 nitrogen and oxygen atoms in total. The first-order valence-electron chi connectivity index (χ1n) is 16.4. The molecule has 4 heteroatoms. The van der Waals surface area contributed by atoms with Gasteiger partial charge in [0.2, 0.25) is 0 Å². The molecule has 10 aromatic rings. The molecule has 2 aromatic heterocycles. The van der Waals surface area contributed by atoms with Crippen LogP contribution in [-0.2, 0) is 0 Å². The van der Waals surface area contributed by atoms with Crippen molar-refractivity contribution in [2.45, 2.75) is 0 Å². The molecule has 0 fully saturated rings. The average molecular weight is 642 g/mol. The van der Waals surface area contributed by atoms with Gasteiger partial charge in [0.15, 0.2) is 17.5 Å². The van der Waals surface area contributed by atoms with Gasteiger partial charge in [-0.05, 0) is 61.6 Å².